The second-order valence-corrected chi connectivity index (χ2v) is 6.89. The van der Waals surface area contributed by atoms with Crippen LogP contribution in [0.5, 0.6) is 0 Å². The van der Waals surface area contributed by atoms with Crippen LogP contribution in [0.3, 0.4) is 0 Å². The number of tetrazole rings is 1. The molecule has 1 aliphatic heterocycles. The summed E-state index contributed by atoms with van der Waals surface area (Å²) in [5.41, 5.74) is -2.07. The molecule has 148 valence electrons. The molecule has 0 spiro atoms. The van der Waals surface area contributed by atoms with E-state index in [0.29, 0.717) is 22.1 Å². The van der Waals surface area contributed by atoms with Crippen LogP contribution in [0.4, 0.5) is 13.2 Å². The van der Waals surface area contributed by atoms with Gasteiger partial charge in [-0.1, -0.05) is 29.3 Å². The van der Waals surface area contributed by atoms with Crippen molar-refractivity contribution in [2.45, 2.75) is 18.8 Å². The fraction of sp³-hybridized carbons (Fsp3) is 0.188. The Hall–Kier alpha value is -2.92. The quantitative estimate of drug-likeness (QED) is 0.538. The number of rotatable bonds is 3. The highest BCUT2D eigenvalue weighted by Crippen LogP contribution is 2.48. The van der Waals surface area contributed by atoms with Crippen LogP contribution in [0.1, 0.15) is 11.4 Å². The molecule has 0 radical (unpaired) electrons. The summed E-state index contributed by atoms with van der Waals surface area (Å²) < 4.78 is 42.7. The second kappa shape index (κ2) is 6.85. The van der Waals surface area contributed by atoms with Gasteiger partial charge in [0.2, 0.25) is 0 Å². The predicted molar refractivity (Wildman–Crippen MR) is 96.8 cm³/mol. The fourth-order valence-electron chi connectivity index (χ4n) is 2.89. The molecule has 1 aliphatic rings. The van der Waals surface area contributed by atoms with Gasteiger partial charge >= 0.3 is 11.8 Å². The van der Waals surface area contributed by atoms with Crippen LogP contribution in [0, 0.1) is 6.92 Å². The summed E-state index contributed by atoms with van der Waals surface area (Å²) in [5, 5.41) is 24.5. The van der Waals surface area contributed by atoms with Crippen LogP contribution in [0.15, 0.2) is 57.1 Å². The van der Waals surface area contributed by atoms with Crippen molar-refractivity contribution >= 4 is 23.2 Å². The van der Waals surface area contributed by atoms with Crippen LogP contribution in [0.25, 0.3) is 16.8 Å². The Balaban J connectivity index is 1.96. The molecule has 0 atom stereocenters. The Labute approximate surface area is 171 Å². The average Bonchev–Trinajstić information content (AvgIpc) is 3.32. The third-order valence-corrected chi connectivity index (χ3v) is 4.85. The number of nitrogens with zero attached hydrogens (tertiary/aromatic N) is 8. The lowest BCUT2D eigenvalue weighted by Crippen LogP contribution is -2.37. The van der Waals surface area contributed by atoms with Gasteiger partial charge in [-0.3, -0.25) is 0 Å². The van der Waals surface area contributed by atoms with E-state index < -0.39 is 11.8 Å². The number of hydrogen-bond donors (Lipinski definition) is 0. The largest absolute Gasteiger partial charge is 0.442 e. The molecular weight excluding hydrogens is 432 g/mol. The maximum atomic E-state index is 13.8. The van der Waals surface area contributed by atoms with Crippen LogP contribution in [-0.2, 0) is 5.66 Å². The smallest absolute Gasteiger partial charge is 0.197 e. The van der Waals surface area contributed by atoms with Crippen molar-refractivity contribution in [3.8, 4) is 16.8 Å². The van der Waals surface area contributed by atoms with E-state index in [9.17, 15) is 13.2 Å². The van der Waals surface area contributed by atoms with Crippen LogP contribution in [0.2, 0.25) is 10.0 Å². The molecule has 0 bridgehead atoms. The van der Waals surface area contributed by atoms with Crippen LogP contribution < -0.4 is 0 Å². The van der Waals surface area contributed by atoms with E-state index in [-0.39, 0.29) is 16.1 Å². The first-order chi connectivity index (χ1) is 13.7. The van der Waals surface area contributed by atoms with E-state index in [1.165, 1.54) is 22.9 Å². The van der Waals surface area contributed by atoms with Crippen molar-refractivity contribution in [1.29, 1.82) is 0 Å². The summed E-state index contributed by atoms with van der Waals surface area (Å²) in [6.45, 7) is 1.67. The minimum atomic E-state index is -4.86. The molecule has 4 rings (SSSR count). The maximum absolute atomic E-state index is 13.8. The van der Waals surface area contributed by atoms with Crippen molar-refractivity contribution in [2.75, 3.05) is 0 Å². The van der Waals surface area contributed by atoms with Crippen molar-refractivity contribution in [1.82, 2.24) is 20.2 Å². The number of benzene rings is 2. The Morgan fingerprint density at radius 3 is 2.31 bits per heavy atom. The molecule has 0 saturated carbocycles. The topological polar surface area (TPSA) is 93.0 Å². The number of aromatic nitrogens is 4. The van der Waals surface area contributed by atoms with E-state index in [4.69, 9.17) is 23.2 Å². The highest BCUT2D eigenvalue weighted by atomic mass is 35.5. The van der Waals surface area contributed by atoms with Gasteiger partial charge in [0.05, 0.1) is 5.69 Å². The van der Waals surface area contributed by atoms with Gasteiger partial charge in [-0.15, -0.1) is 15.3 Å². The molecule has 0 aliphatic carbocycles. The van der Waals surface area contributed by atoms with Gasteiger partial charge < -0.3 is 0 Å². The summed E-state index contributed by atoms with van der Waals surface area (Å²) in [5.74, 6) is 0.464. The number of hydrogen-bond acceptors (Lipinski definition) is 7. The summed E-state index contributed by atoms with van der Waals surface area (Å²) in [6, 6.07) is 8.53. The van der Waals surface area contributed by atoms with Gasteiger partial charge in [-0.2, -0.15) is 17.9 Å². The first-order valence-corrected chi connectivity index (χ1v) is 8.74. The highest BCUT2D eigenvalue weighted by Gasteiger charge is 2.60. The van der Waals surface area contributed by atoms with Gasteiger partial charge in [0.15, 0.2) is 5.82 Å². The molecule has 0 fully saturated rings. The Morgan fingerprint density at radius 2 is 1.69 bits per heavy atom. The second-order valence-electron chi connectivity index (χ2n) is 6.04. The fourth-order valence-corrected chi connectivity index (χ4v) is 3.28. The number of aryl methyl sites for hydroxylation is 1. The van der Waals surface area contributed by atoms with Gasteiger partial charge in [-0.05, 0) is 58.1 Å². The zero-order chi connectivity index (χ0) is 20.8. The normalized spacial score (nSPS) is 15.2. The van der Waals surface area contributed by atoms with E-state index in [2.05, 4.69) is 36.2 Å². The van der Waals surface area contributed by atoms with Gasteiger partial charge in [-0.25, -0.2) is 0 Å². The lowest BCUT2D eigenvalue weighted by Gasteiger charge is -2.24. The first kappa shape index (κ1) is 19.4. The van der Waals surface area contributed by atoms with Crippen molar-refractivity contribution in [3.05, 3.63) is 57.8 Å². The third kappa shape index (κ3) is 3.15. The molecule has 0 amide bonds. The zero-order valence-corrected chi connectivity index (χ0v) is 15.9. The standard InChI is InChI=1S/C16H9Cl2F3N8/c1-8-22-25-28-29(8)14-5-3-10(17)7-12(14)11-6-9(2-4-13(11)18)15(16(19,20)21)23-26-27-24-15/h2-7H,1H3. The molecule has 0 saturated heterocycles. The summed E-state index contributed by atoms with van der Waals surface area (Å²) in [4.78, 5) is 0. The Morgan fingerprint density at radius 1 is 0.966 bits per heavy atom. The van der Waals surface area contributed by atoms with Crippen molar-refractivity contribution in [3.63, 3.8) is 0 Å². The molecule has 0 N–H and O–H groups in total. The van der Waals surface area contributed by atoms with Crippen LogP contribution in [-0.4, -0.2) is 26.4 Å². The lowest BCUT2D eigenvalue weighted by molar-refractivity contribution is -0.187. The molecular formula is C16H9Cl2F3N8. The first-order valence-electron chi connectivity index (χ1n) is 7.99. The molecule has 2 heterocycles. The van der Waals surface area contributed by atoms with Gasteiger partial charge in [0, 0.05) is 26.7 Å². The minimum absolute atomic E-state index is 0.187. The Kier molecular flexibility index (Phi) is 4.58. The zero-order valence-electron chi connectivity index (χ0n) is 14.4. The van der Waals surface area contributed by atoms with Crippen molar-refractivity contribution < 1.29 is 13.2 Å². The minimum Gasteiger partial charge on any atom is -0.197 e. The summed E-state index contributed by atoms with van der Waals surface area (Å²) in [6.07, 6.45) is -4.86. The van der Waals surface area contributed by atoms with Gasteiger partial charge in [0.25, 0.3) is 0 Å². The predicted octanol–water partition coefficient (Wildman–Crippen LogP) is 5.49. The maximum Gasteiger partial charge on any atom is 0.442 e. The van der Waals surface area contributed by atoms with E-state index >= 15 is 0 Å². The lowest BCUT2D eigenvalue weighted by atomic mass is 9.94. The molecule has 3 aromatic rings. The third-order valence-electron chi connectivity index (χ3n) is 4.29. The molecule has 0 unspecified atom stereocenters. The molecule has 2 aromatic carbocycles. The molecule has 13 heteroatoms. The van der Waals surface area contributed by atoms with E-state index in [0.717, 1.165) is 0 Å². The van der Waals surface area contributed by atoms with Crippen LogP contribution >= 0.6 is 23.2 Å². The van der Waals surface area contributed by atoms with Crippen molar-refractivity contribution in [2.24, 2.45) is 20.7 Å². The Bertz CT molecular complexity index is 1140. The highest BCUT2D eigenvalue weighted by molar-refractivity contribution is 6.34. The monoisotopic (exact) mass is 440 g/mol. The molecule has 1 aromatic heterocycles. The summed E-state index contributed by atoms with van der Waals surface area (Å²) >= 11 is 12.5. The number of halogens is 5. The molecule has 29 heavy (non-hydrogen) atoms. The van der Waals surface area contributed by atoms with E-state index in [1.807, 2.05) is 0 Å². The van der Waals surface area contributed by atoms with Gasteiger partial charge in [0.1, 0.15) is 0 Å². The molecule has 8 nitrogen and oxygen atoms in total. The number of alkyl halides is 3. The SMILES string of the molecule is Cc1nnnn1-c1ccc(Cl)cc1-c1cc(C2(C(F)(F)F)N=NN=N2)ccc1Cl. The average molecular weight is 441 g/mol. The summed E-state index contributed by atoms with van der Waals surface area (Å²) in [7, 11) is 0. The van der Waals surface area contributed by atoms with E-state index in [1.54, 1.807) is 25.1 Å².